The predicted octanol–water partition coefficient (Wildman–Crippen LogP) is 4.18. The van der Waals surface area contributed by atoms with E-state index in [-0.39, 0.29) is 13.4 Å². The summed E-state index contributed by atoms with van der Waals surface area (Å²) in [6.07, 6.45) is 0. The molecule has 0 aliphatic carbocycles. The van der Waals surface area contributed by atoms with E-state index in [1.807, 2.05) is 12.1 Å². The Hall–Kier alpha value is -2.11. The molecule has 4 rings (SSSR count). The molecule has 0 atom stereocenters. The van der Waals surface area contributed by atoms with Crippen LogP contribution in [0.5, 0.6) is 17.2 Å². The van der Waals surface area contributed by atoms with Crippen LogP contribution in [-0.4, -0.2) is 16.8 Å². The maximum absolute atomic E-state index is 6.17. The van der Waals surface area contributed by atoms with Crippen LogP contribution in [0.15, 0.2) is 30.3 Å². The second-order valence-corrected chi connectivity index (χ2v) is 5.61. The first-order valence-electron chi connectivity index (χ1n) is 6.55. The number of nitrogens with one attached hydrogen (secondary N) is 1. The highest BCUT2D eigenvalue weighted by Gasteiger charge is 2.17. The Morgan fingerprint density at radius 1 is 1.14 bits per heavy atom. The Kier molecular flexibility index (Phi) is 3.24. The van der Waals surface area contributed by atoms with Crippen LogP contribution in [0.2, 0.25) is 10.0 Å². The zero-order valence-electron chi connectivity index (χ0n) is 11.2. The van der Waals surface area contributed by atoms with Gasteiger partial charge in [-0.1, -0.05) is 23.2 Å². The van der Waals surface area contributed by atoms with Gasteiger partial charge < -0.3 is 19.2 Å². The lowest BCUT2D eigenvalue weighted by Crippen LogP contribution is -1.98. The number of nitrogens with zero attached hydrogens (tertiary/aromatic N) is 1. The summed E-state index contributed by atoms with van der Waals surface area (Å²) in [5, 5.41) is 1.12. The Morgan fingerprint density at radius 2 is 1.95 bits per heavy atom. The summed E-state index contributed by atoms with van der Waals surface area (Å²) in [5.41, 5.74) is 1.70. The van der Waals surface area contributed by atoms with E-state index in [1.165, 1.54) is 0 Å². The fourth-order valence-corrected chi connectivity index (χ4v) is 2.64. The molecular formula is C15H10Cl2N2O3. The third-order valence-electron chi connectivity index (χ3n) is 3.28. The molecule has 2 aromatic carbocycles. The predicted molar refractivity (Wildman–Crippen MR) is 83.0 cm³/mol. The van der Waals surface area contributed by atoms with Gasteiger partial charge in [-0.3, -0.25) is 0 Å². The van der Waals surface area contributed by atoms with E-state index in [9.17, 15) is 0 Å². The van der Waals surface area contributed by atoms with Gasteiger partial charge in [0.2, 0.25) is 6.79 Å². The Morgan fingerprint density at radius 3 is 2.82 bits per heavy atom. The zero-order valence-corrected chi connectivity index (χ0v) is 12.7. The Labute approximate surface area is 135 Å². The molecule has 0 spiro atoms. The Balaban J connectivity index is 1.56. The first-order valence-corrected chi connectivity index (χ1v) is 7.31. The Bertz CT molecular complexity index is 863. The molecule has 0 bridgehead atoms. The number of hydrogen-bond acceptors (Lipinski definition) is 4. The minimum absolute atomic E-state index is 0.194. The number of hydrogen-bond donors (Lipinski definition) is 1. The van der Waals surface area contributed by atoms with Crippen LogP contribution in [-0.2, 0) is 6.61 Å². The van der Waals surface area contributed by atoms with Crippen LogP contribution in [0.3, 0.4) is 0 Å². The minimum Gasteiger partial charge on any atom is -0.484 e. The van der Waals surface area contributed by atoms with Gasteiger partial charge in [0.25, 0.3) is 0 Å². The molecule has 1 aromatic heterocycles. The largest absolute Gasteiger partial charge is 0.484 e. The number of halogens is 2. The minimum atomic E-state index is 0.194. The van der Waals surface area contributed by atoms with Crippen molar-refractivity contribution in [3.63, 3.8) is 0 Å². The second-order valence-electron chi connectivity index (χ2n) is 4.77. The van der Waals surface area contributed by atoms with Gasteiger partial charge >= 0.3 is 0 Å². The maximum atomic E-state index is 6.17. The lowest BCUT2D eigenvalue weighted by Gasteiger charge is -2.07. The van der Waals surface area contributed by atoms with Crippen molar-refractivity contribution < 1.29 is 14.2 Å². The first kappa shape index (κ1) is 13.5. The number of fused-ring (bicyclic) bond motifs is 2. The highest BCUT2D eigenvalue weighted by Crippen LogP contribution is 2.40. The van der Waals surface area contributed by atoms with E-state index in [4.69, 9.17) is 37.4 Å². The molecule has 0 saturated carbocycles. The summed E-state index contributed by atoms with van der Waals surface area (Å²) in [7, 11) is 0. The topological polar surface area (TPSA) is 56.4 Å². The smallest absolute Gasteiger partial charge is 0.231 e. The zero-order chi connectivity index (χ0) is 15.1. The monoisotopic (exact) mass is 336 g/mol. The number of H-pyrrole nitrogens is 1. The summed E-state index contributed by atoms with van der Waals surface area (Å²) in [4.78, 5) is 7.59. The average Bonchev–Trinajstić information content (AvgIpc) is 3.09. The van der Waals surface area contributed by atoms with E-state index in [2.05, 4.69) is 9.97 Å². The van der Waals surface area contributed by atoms with E-state index in [0.29, 0.717) is 33.1 Å². The van der Waals surface area contributed by atoms with Gasteiger partial charge in [0.1, 0.15) is 18.2 Å². The third kappa shape index (κ3) is 2.42. The van der Waals surface area contributed by atoms with E-state index < -0.39 is 0 Å². The molecule has 0 fully saturated rings. The molecule has 0 saturated heterocycles. The van der Waals surface area contributed by atoms with Gasteiger partial charge in [0.05, 0.1) is 16.1 Å². The van der Waals surface area contributed by atoms with Crippen molar-refractivity contribution >= 4 is 34.2 Å². The van der Waals surface area contributed by atoms with Crippen molar-refractivity contribution in [1.29, 1.82) is 0 Å². The van der Waals surface area contributed by atoms with Crippen LogP contribution in [0.25, 0.3) is 11.0 Å². The first-order chi connectivity index (χ1) is 10.7. The van der Waals surface area contributed by atoms with Crippen LogP contribution >= 0.6 is 23.2 Å². The molecule has 2 heterocycles. The van der Waals surface area contributed by atoms with Crippen LogP contribution in [0.4, 0.5) is 0 Å². The number of imidazole rings is 1. The molecule has 0 radical (unpaired) electrons. The number of aromatic nitrogens is 2. The standard InChI is InChI=1S/C15H10Cl2N2O3/c16-8-1-2-10-11(3-8)19-15(18-10)6-20-12-5-14-13(4-9(12)17)21-7-22-14/h1-5H,6-7H2,(H,18,19). The van der Waals surface area contributed by atoms with Crippen molar-refractivity contribution in [3.8, 4) is 17.2 Å². The van der Waals surface area contributed by atoms with Crippen molar-refractivity contribution in [2.45, 2.75) is 6.61 Å². The van der Waals surface area contributed by atoms with Gasteiger partial charge in [-0.15, -0.1) is 0 Å². The van der Waals surface area contributed by atoms with Gasteiger partial charge in [0.15, 0.2) is 11.5 Å². The molecule has 5 nitrogen and oxygen atoms in total. The van der Waals surface area contributed by atoms with Crippen LogP contribution in [0, 0.1) is 0 Å². The fraction of sp³-hybridized carbons (Fsp3) is 0.133. The van der Waals surface area contributed by atoms with E-state index in [1.54, 1.807) is 18.2 Å². The quantitative estimate of drug-likeness (QED) is 0.779. The summed E-state index contributed by atoms with van der Waals surface area (Å²) >= 11 is 12.1. The molecule has 1 N–H and O–H groups in total. The lowest BCUT2D eigenvalue weighted by molar-refractivity contribution is 0.173. The van der Waals surface area contributed by atoms with E-state index >= 15 is 0 Å². The molecule has 112 valence electrons. The van der Waals surface area contributed by atoms with Gasteiger partial charge in [-0.05, 0) is 18.2 Å². The number of ether oxygens (including phenoxy) is 3. The maximum Gasteiger partial charge on any atom is 0.231 e. The molecule has 0 unspecified atom stereocenters. The number of benzene rings is 2. The molecular weight excluding hydrogens is 327 g/mol. The molecule has 7 heteroatoms. The van der Waals surface area contributed by atoms with Crippen molar-refractivity contribution in [2.24, 2.45) is 0 Å². The summed E-state index contributed by atoms with van der Waals surface area (Å²) < 4.78 is 16.3. The summed E-state index contributed by atoms with van der Waals surface area (Å²) in [6, 6.07) is 8.86. The SMILES string of the molecule is Clc1ccc2nc(COc3cc4c(cc3Cl)OCO4)[nH]c2c1. The second kappa shape index (κ2) is 5.26. The van der Waals surface area contributed by atoms with Crippen LogP contribution in [0.1, 0.15) is 5.82 Å². The van der Waals surface area contributed by atoms with Gasteiger partial charge in [-0.2, -0.15) is 0 Å². The number of rotatable bonds is 3. The summed E-state index contributed by atoms with van der Waals surface area (Å²) in [5.74, 6) is 2.45. The fourth-order valence-electron chi connectivity index (χ4n) is 2.26. The van der Waals surface area contributed by atoms with Crippen molar-refractivity contribution in [2.75, 3.05) is 6.79 Å². The highest BCUT2D eigenvalue weighted by atomic mass is 35.5. The third-order valence-corrected chi connectivity index (χ3v) is 3.81. The van der Waals surface area contributed by atoms with Crippen LogP contribution < -0.4 is 14.2 Å². The highest BCUT2D eigenvalue weighted by molar-refractivity contribution is 6.32. The van der Waals surface area contributed by atoms with Crippen molar-refractivity contribution in [3.05, 3.63) is 46.2 Å². The molecule has 0 amide bonds. The van der Waals surface area contributed by atoms with E-state index in [0.717, 1.165) is 11.0 Å². The average molecular weight is 337 g/mol. The normalized spacial score (nSPS) is 12.8. The molecule has 22 heavy (non-hydrogen) atoms. The van der Waals surface area contributed by atoms with Crippen molar-refractivity contribution in [1.82, 2.24) is 9.97 Å². The number of aromatic amines is 1. The molecule has 3 aromatic rings. The van der Waals surface area contributed by atoms with Gasteiger partial charge in [-0.25, -0.2) is 4.98 Å². The molecule has 1 aliphatic rings. The molecule has 1 aliphatic heterocycles. The van der Waals surface area contributed by atoms with Gasteiger partial charge in [0, 0.05) is 17.2 Å². The summed E-state index contributed by atoms with van der Waals surface area (Å²) in [6.45, 7) is 0.450. The lowest BCUT2D eigenvalue weighted by atomic mass is 10.3.